The summed E-state index contributed by atoms with van der Waals surface area (Å²) in [5, 5.41) is 3.91. The Balaban J connectivity index is 2.43. The highest BCUT2D eigenvalue weighted by molar-refractivity contribution is 6.31. The van der Waals surface area contributed by atoms with Crippen LogP contribution in [0.5, 0.6) is 0 Å². The fourth-order valence-corrected chi connectivity index (χ4v) is 2.38. The van der Waals surface area contributed by atoms with Crippen molar-refractivity contribution in [1.29, 1.82) is 0 Å². The minimum absolute atomic E-state index is 0.354. The maximum Gasteiger partial charge on any atom is 0.415 e. The lowest BCUT2D eigenvalue weighted by molar-refractivity contribution is 0.0547. The van der Waals surface area contributed by atoms with Gasteiger partial charge in [0.25, 0.3) is 0 Å². The molecule has 110 valence electrons. The number of benzene rings is 1. The van der Waals surface area contributed by atoms with E-state index in [2.05, 4.69) is 5.32 Å². The molecule has 0 fully saturated rings. The predicted octanol–water partition coefficient (Wildman–Crippen LogP) is 4.29. The maximum absolute atomic E-state index is 12.5. The molecule has 0 aromatic heterocycles. The molecule has 0 unspecified atom stereocenters. The van der Waals surface area contributed by atoms with Gasteiger partial charge in [-0.15, -0.1) is 0 Å². The summed E-state index contributed by atoms with van der Waals surface area (Å²) in [6.45, 7) is 10.2. The molecule has 0 aliphatic carbocycles. The first kappa shape index (κ1) is 15.0. The second-order valence-corrected chi connectivity index (χ2v) is 7.08. The molecule has 1 N–H and O–H groups in total. The maximum atomic E-state index is 12.5. The highest BCUT2D eigenvalue weighted by atomic mass is 35.5. The number of carbonyl (C=O) groups excluding carboxylic acids is 1. The number of rotatable bonds is 0. The molecule has 0 radical (unpaired) electrons. The second kappa shape index (κ2) is 4.85. The highest BCUT2D eigenvalue weighted by Crippen LogP contribution is 2.38. The first-order chi connectivity index (χ1) is 9.10. The lowest BCUT2D eigenvalue weighted by Gasteiger charge is -2.43. The van der Waals surface area contributed by atoms with E-state index < -0.39 is 5.60 Å². The Morgan fingerprint density at radius 1 is 1.40 bits per heavy atom. The van der Waals surface area contributed by atoms with E-state index in [1.165, 1.54) is 0 Å². The molecule has 1 aromatic carbocycles. The van der Waals surface area contributed by atoms with Crippen LogP contribution in [0.2, 0.25) is 5.02 Å². The van der Waals surface area contributed by atoms with Crippen molar-refractivity contribution in [1.82, 2.24) is 0 Å². The zero-order chi connectivity index (χ0) is 15.1. The summed E-state index contributed by atoms with van der Waals surface area (Å²) in [4.78, 5) is 14.2. The Labute approximate surface area is 125 Å². The topological polar surface area (TPSA) is 41.6 Å². The van der Waals surface area contributed by atoms with Gasteiger partial charge in [-0.2, -0.15) is 0 Å². The van der Waals surface area contributed by atoms with Gasteiger partial charge in [-0.25, -0.2) is 4.79 Å². The standard InChI is InChI=1S/C15H21ClN2O2/c1-14(2,3)20-13(19)18-12-8-10(16)6-7-11(12)17-9-15(18,4)5/h6-8,17H,9H2,1-5H3. The van der Waals surface area contributed by atoms with Crippen LogP contribution in [-0.4, -0.2) is 23.8 Å². The van der Waals surface area contributed by atoms with E-state index in [4.69, 9.17) is 16.3 Å². The predicted molar refractivity (Wildman–Crippen MR) is 82.7 cm³/mol. The fourth-order valence-electron chi connectivity index (χ4n) is 2.21. The van der Waals surface area contributed by atoms with Crippen LogP contribution in [0.1, 0.15) is 34.6 Å². The van der Waals surface area contributed by atoms with Crippen molar-refractivity contribution in [2.75, 3.05) is 16.8 Å². The van der Waals surface area contributed by atoms with Gasteiger partial charge in [0.1, 0.15) is 5.60 Å². The number of hydrogen-bond donors (Lipinski definition) is 1. The summed E-state index contributed by atoms with van der Waals surface area (Å²) in [5.41, 5.74) is 0.721. The average Bonchev–Trinajstić information content (AvgIpc) is 2.24. The molecule has 0 atom stereocenters. The van der Waals surface area contributed by atoms with E-state index in [-0.39, 0.29) is 11.6 Å². The summed E-state index contributed by atoms with van der Waals surface area (Å²) in [6.07, 6.45) is -0.354. The molecular formula is C15H21ClN2O2. The van der Waals surface area contributed by atoms with E-state index in [9.17, 15) is 4.79 Å². The highest BCUT2D eigenvalue weighted by Gasteiger charge is 2.39. The SMILES string of the molecule is CC(C)(C)OC(=O)N1c2cc(Cl)ccc2NCC1(C)C. The molecule has 2 rings (SSSR count). The first-order valence-corrected chi connectivity index (χ1v) is 7.05. The lowest BCUT2D eigenvalue weighted by atomic mass is 9.98. The van der Waals surface area contributed by atoms with Crippen molar-refractivity contribution in [3.63, 3.8) is 0 Å². The van der Waals surface area contributed by atoms with Crippen LogP contribution in [-0.2, 0) is 4.74 Å². The van der Waals surface area contributed by atoms with Crippen LogP contribution >= 0.6 is 11.6 Å². The van der Waals surface area contributed by atoms with E-state index in [0.29, 0.717) is 11.6 Å². The van der Waals surface area contributed by atoms with Gasteiger partial charge in [0.2, 0.25) is 0 Å². The molecule has 1 aliphatic rings. The Morgan fingerprint density at radius 2 is 2.05 bits per heavy atom. The summed E-state index contributed by atoms with van der Waals surface area (Å²) < 4.78 is 5.53. The van der Waals surface area contributed by atoms with Crippen LogP contribution < -0.4 is 10.2 Å². The average molecular weight is 297 g/mol. The van der Waals surface area contributed by atoms with Gasteiger partial charge in [-0.05, 0) is 52.8 Å². The molecule has 20 heavy (non-hydrogen) atoms. The van der Waals surface area contributed by atoms with Crippen LogP contribution in [0, 0.1) is 0 Å². The number of carbonyl (C=O) groups is 1. The van der Waals surface area contributed by atoms with Gasteiger partial charge in [0.15, 0.2) is 0 Å². The molecule has 1 amide bonds. The fraction of sp³-hybridized carbons (Fsp3) is 0.533. The number of ether oxygens (including phenoxy) is 1. The number of hydrogen-bond acceptors (Lipinski definition) is 3. The molecule has 4 nitrogen and oxygen atoms in total. The third-order valence-corrected chi connectivity index (χ3v) is 3.33. The van der Waals surface area contributed by atoms with Gasteiger partial charge >= 0.3 is 6.09 Å². The quantitative estimate of drug-likeness (QED) is 0.776. The third kappa shape index (κ3) is 3.01. The molecule has 1 heterocycles. The van der Waals surface area contributed by atoms with Gasteiger partial charge in [-0.3, -0.25) is 4.90 Å². The van der Waals surface area contributed by atoms with Crippen molar-refractivity contribution in [2.24, 2.45) is 0 Å². The zero-order valence-corrected chi connectivity index (χ0v) is 13.3. The Morgan fingerprint density at radius 3 is 2.65 bits per heavy atom. The molecule has 0 spiro atoms. The Hall–Kier alpha value is -1.42. The molecule has 0 bridgehead atoms. The lowest BCUT2D eigenvalue weighted by Crippen LogP contribution is -2.56. The van der Waals surface area contributed by atoms with Crippen molar-refractivity contribution >= 4 is 29.1 Å². The molecule has 0 saturated heterocycles. The zero-order valence-electron chi connectivity index (χ0n) is 12.6. The van der Waals surface area contributed by atoms with Crippen LogP contribution in [0.15, 0.2) is 18.2 Å². The van der Waals surface area contributed by atoms with Gasteiger partial charge in [0.05, 0.1) is 16.9 Å². The van der Waals surface area contributed by atoms with Crippen molar-refractivity contribution in [3.05, 3.63) is 23.2 Å². The Kier molecular flexibility index (Phi) is 3.63. The van der Waals surface area contributed by atoms with Gasteiger partial charge in [0, 0.05) is 11.6 Å². The van der Waals surface area contributed by atoms with Crippen LogP contribution in [0.3, 0.4) is 0 Å². The van der Waals surface area contributed by atoms with Gasteiger partial charge in [-0.1, -0.05) is 11.6 Å². The number of anilines is 2. The normalized spacial score (nSPS) is 17.2. The van der Waals surface area contributed by atoms with Crippen LogP contribution in [0.25, 0.3) is 0 Å². The van der Waals surface area contributed by atoms with Crippen molar-refractivity contribution in [2.45, 2.75) is 45.8 Å². The van der Waals surface area contributed by atoms with Crippen LogP contribution in [0.4, 0.5) is 16.2 Å². The number of nitrogens with one attached hydrogen (secondary N) is 1. The summed E-state index contributed by atoms with van der Waals surface area (Å²) >= 11 is 6.07. The van der Waals surface area contributed by atoms with E-state index in [1.807, 2.05) is 40.7 Å². The molecule has 1 aromatic rings. The van der Waals surface area contributed by atoms with Gasteiger partial charge < -0.3 is 10.1 Å². The second-order valence-electron chi connectivity index (χ2n) is 6.64. The van der Waals surface area contributed by atoms with Crippen molar-refractivity contribution in [3.8, 4) is 0 Å². The minimum Gasteiger partial charge on any atom is -0.443 e. The number of nitrogens with zero attached hydrogens (tertiary/aromatic N) is 1. The molecule has 0 saturated carbocycles. The van der Waals surface area contributed by atoms with Crippen molar-refractivity contribution < 1.29 is 9.53 Å². The number of halogens is 1. The molecule has 1 aliphatic heterocycles. The Bertz CT molecular complexity index is 535. The van der Waals surface area contributed by atoms with E-state index in [1.54, 1.807) is 17.0 Å². The number of amides is 1. The summed E-state index contributed by atoms with van der Waals surface area (Å²) in [7, 11) is 0. The van der Waals surface area contributed by atoms with E-state index >= 15 is 0 Å². The number of fused-ring (bicyclic) bond motifs is 1. The largest absolute Gasteiger partial charge is 0.443 e. The molecule has 5 heteroatoms. The smallest absolute Gasteiger partial charge is 0.415 e. The minimum atomic E-state index is -0.531. The summed E-state index contributed by atoms with van der Waals surface area (Å²) in [5.74, 6) is 0. The monoisotopic (exact) mass is 296 g/mol. The first-order valence-electron chi connectivity index (χ1n) is 6.67. The van der Waals surface area contributed by atoms with E-state index in [0.717, 1.165) is 11.4 Å². The third-order valence-electron chi connectivity index (χ3n) is 3.09. The summed E-state index contributed by atoms with van der Waals surface area (Å²) in [6, 6.07) is 5.47. The molecular weight excluding hydrogens is 276 g/mol.